The minimum atomic E-state index is -0.923. The van der Waals surface area contributed by atoms with Crippen LogP contribution in [0, 0.1) is 10.8 Å². The Morgan fingerprint density at radius 3 is 2.33 bits per heavy atom. The summed E-state index contributed by atoms with van der Waals surface area (Å²) < 4.78 is 0. The smallest absolute Gasteiger partial charge is 0.262 e. The zero-order valence-corrected chi connectivity index (χ0v) is 16.7. The van der Waals surface area contributed by atoms with E-state index in [1.54, 1.807) is 6.07 Å². The van der Waals surface area contributed by atoms with Crippen molar-refractivity contribution in [3.8, 4) is 0 Å². The molecule has 3 unspecified atom stereocenters. The molecule has 1 aliphatic carbocycles. The van der Waals surface area contributed by atoms with E-state index in [0.717, 1.165) is 36.8 Å². The van der Waals surface area contributed by atoms with E-state index in [-0.39, 0.29) is 18.7 Å². The molecule has 0 bridgehead atoms. The van der Waals surface area contributed by atoms with Crippen LogP contribution in [0.5, 0.6) is 0 Å². The first-order chi connectivity index (χ1) is 14.4. The van der Waals surface area contributed by atoms with Crippen LogP contribution in [-0.4, -0.2) is 60.7 Å². The molecule has 156 valence electrons. The molecule has 1 saturated carbocycles. The number of hydrogen-bond acceptors (Lipinski definition) is 6. The van der Waals surface area contributed by atoms with E-state index < -0.39 is 23.8 Å². The molecule has 8 nitrogen and oxygen atoms in total. The summed E-state index contributed by atoms with van der Waals surface area (Å²) in [4.78, 5) is 53.1. The van der Waals surface area contributed by atoms with Crippen molar-refractivity contribution in [3.63, 3.8) is 0 Å². The molecule has 6 rings (SSSR count). The van der Waals surface area contributed by atoms with Crippen molar-refractivity contribution in [3.05, 3.63) is 29.3 Å². The average molecular weight is 408 g/mol. The predicted molar refractivity (Wildman–Crippen MR) is 107 cm³/mol. The summed E-state index contributed by atoms with van der Waals surface area (Å²) in [5, 5.41) is 5.83. The van der Waals surface area contributed by atoms with Crippen LogP contribution in [0.3, 0.4) is 0 Å². The molecule has 0 spiro atoms. The molecule has 4 heterocycles. The maximum Gasteiger partial charge on any atom is 0.262 e. The topological polar surface area (TPSA) is 98.8 Å². The molecule has 2 N–H and O–H groups in total. The van der Waals surface area contributed by atoms with Crippen molar-refractivity contribution in [2.45, 2.75) is 38.1 Å². The van der Waals surface area contributed by atoms with Crippen LogP contribution in [0.15, 0.2) is 18.2 Å². The monoisotopic (exact) mass is 408 g/mol. The minimum absolute atomic E-state index is 0.126. The van der Waals surface area contributed by atoms with Gasteiger partial charge in [0.2, 0.25) is 11.8 Å². The highest BCUT2D eigenvalue weighted by atomic mass is 16.2. The van der Waals surface area contributed by atoms with E-state index >= 15 is 0 Å². The number of imide groups is 2. The number of fused-ring (bicyclic) bond motifs is 1. The van der Waals surface area contributed by atoms with Crippen molar-refractivity contribution in [2.24, 2.45) is 10.8 Å². The highest BCUT2D eigenvalue weighted by molar-refractivity contribution is 6.23. The Balaban J connectivity index is 1.30. The Labute approximate surface area is 174 Å². The van der Waals surface area contributed by atoms with Gasteiger partial charge >= 0.3 is 0 Å². The van der Waals surface area contributed by atoms with E-state index in [4.69, 9.17) is 0 Å². The van der Waals surface area contributed by atoms with Crippen molar-refractivity contribution in [1.29, 1.82) is 0 Å². The van der Waals surface area contributed by atoms with Crippen LogP contribution in [0.1, 0.15) is 52.8 Å². The lowest BCUT2D eigenvalue weighted by Crippen LogP contribution is -2.54. The van der Waals surface area contributed by atoms with Gasteiger partial charge in [-0.15, -0.1) is 0 Å². The van der Waals surface area contributed by atoms with Gasteiger partial charge in [-0.1, -0.05) is 6.42 Å². The lowest BCUT2D eigenvalue weighted by Gasteiger charge is -2.30. The molecule has 8 heteroatoms. The lowest BCUT2D eigenvalue weighted by molar-refractivity contribution is -0.136. The van der Waals surface area contributed by atoms with Gasteiger partial charge in [0.05, 0.1) is 11.1 Å². The number of piperidine rings is 1. The van der Waals surface area contributed by atoms with Crippen LogP contribution in [-0.2, 0) is 9.59 Å². The van der Waals surface area contributed by atoms with Gasteiger partial charge in [0.15, 0.2) is 0 Å². The number of nitrogens with zero attached hydrogens (tertiary/aromatic N) is 2. The standard InChI is InChI=1S/C22H24N4O4/c27-17-5-4-16(18(28)24-17)26-19(29)14-3-2-13(8-15(14)20(26)30)25-11-21-6-1-7-22(21,12-25)10-23-9-21/h2-3,8,16,23H,1,4-7,9-12H2,(H,24,27,28). The predicted octanol–water partition coefficient (Wildman–Crippen LogP) is 0.668. The average Bonchev–Trinajstić information content (AvgIpc) is 3.36. The summed E-state index contributed by atoms with van der Waals surface area (Å²) in [6.07, 6.45) is 4.06. The first-order valence-electron chi connectivity index (χ1n) is 10.7. The molecule has 3 atom stereocenters. The molecule has 0 aromatic heterocycles. The third-order valence-corrected chi connectivity index (χ3v) is 8.14. The number of rotatable bonds is 2. The Bertz CT molecular complexity index is 988. The second-order valence-corrected chi connectivity index (χ2v) is 9.55. The molecule has 5 aliphatic rings. The third kappa shape index (κ3) is 2.20. The minimum Gasteiger partial charge on any atom is -0.370 e. The van der Waals surface area contributed by atoms with Gasteiger partial charge in [-0.05, 0) is 37.5 Å². The molecule has 4 fully saturated rings. The van der Waals surface area contributed by atoms with E-state index in [9.17, 15) is 19.2 Å². The first kappa shape index (κ1) is 18.1. The van der Waals surface area contributed by atoms with Gasteiger partial charge in [0.1, 0.15) is 6.04 Å². The van der Waals surface area contributed by atoms with E-state index in [2.05, 4.69) is 15.5 Å². The number of hydrogen-bond donors (Lipinski definition) is 2. The molecule has 1 aromatic carbocycles. The van der Waals surface area contributed by atoms with Gasteiger partial charge in [-0.3, -0.25) is 29.4 Å². The van der Waals surface area contributed by atoms with Crippen LogP contribution in [0.25, 0.3) is 0 Å². The number of carbonyl (C=O) groups excluding carboxylic acids is 4. The van der Waals surface area contributed by atoms with Crippen molar-refractivity contribution in [2.75, 3.05) is 31.1 Å². The zero-order valence-electron chi connectivity index (χ0n) is 16.7. The maximum absolute atomic E-state index is 13.1. The Kier molecular flexibility index (Phi) is 3.56. The van der Waals surface area contributed by atoms with Crippen LogP contribution < -0.4 is 15.5 Å². The number of nitrogens with one attached hydrogen (secondary N) is 2. The summed E-state index contributed by atoms with van der Waals surface area (Å²) in [5.41, 5.74) is 2.29. The van der Waals surface area contributed by atoms with Gasteiger partial charge in [0, 0.05) is 49.1 Å². The summed E-state index contributed by atoms with van der Waals surface area (Å²) in [7, 11) is 0. The van der Waals surface area contributed by atoms with Crippen LogP contribution in [0.2, 0.25) is 0 Å². The Morgan fingerprint density at radius 1 is 0.933 bits per heavy atom. The van der Waals surface area contributed by atoms with Gasteiger partial charge in [-0.2, -0.15) is 0 Å². The molecular formula is C22H24N4O4. The van der Waals surface area contributed by atoms with Gasteiger partial charge in [-0.25, -0.2) is 0 Å². The van der Waals surface area contributed by atoms with Crippen molar-refractivity contribution < 1.29 is 19.2 Å². The SMILES string of the molecule is O=C1CCC(N2C(=O)c3ccc(N4CC56CCCC5(CNC6)C4)cc3C2=O)C(=O)N1. The van der Waals surface area contributed by atoms with Gasteiger partial charge in [0.25, 0.3) is 11.8 Å². The maximum atomic E-state index is 13.1. The fourth-order valence-electron chi connectivity index (χ4n) is 6.62. The van der Waals surface area contributed by atoms with E-state index in [0.29, 0.717) is 22.0 Å². The summed E-state index contributed by atoms with van der Waals surface area (Å²) in [5.74, 6) is -1.84. The normalized spacial score (nSPS) is 35.0. The molecule has 1 aromatic rings. The summed E-state index contributed by atoms with van der Waals surface area (Å²) >= 11 is 0. The quantitative estimate of drug-likeness (QED) is 0.698. The van der Waals surface area contributed by atoms with Crippen molar-refractivity contribution in [1.82, 2.24) is 15.5 Å². The van der Waals surface area contributed by atoms with Gasteiger partial charge < -0.3 is 10.2 Å². The molecule has 30 heavy (non-hydrogen) atoms. The molecular weight excluding hydrogens is 384 g/mol. The Hall–Kier alpha value is -2.74. The number of amides is 4. The fourth-order valence-corrected chi connectivity index (χ4v) is 6.62. The third-order valence-electron chi connectivity index (χ3n) is 8.14. The van der Waals surface area contributed by atoms with Crippen LogP contribution in [0.4, 0.5) is 5.69 Å². The number of carbonyl (C=O) groups is 4. The fraction of sp³-hybridized carbons (Fsp3) is 0.545. The second kappa shape index (κ2) is 5.91. The number of anilines is 1. The molecule has 4 aliphatic heterocycles. The summed E-state index contributed by atoms with van der Waals surface area (Å²) in [6.45, 7) is 4.04. The highest BCUT2D eigenvalue weighted by Gasteiger charge is 2.62. The van der Waals surface area contributed by atoms with E-state index in [1.165, 1.54) is 19.3 Å². The Morgan fingerprint density at radius 2 is 1.63 bits per heavy atom. The lowest BCUT2D eigenvalue weighted by atomic mass is 9.71. The first-order valence-corrected chi connectivity index (χ1v) is 10.7. The summed E-state index contributed by atoms with van der Waals surface area (Å²) in [6, 6.07) is 4.54. The number of benzene rings is 1. The molecule has 4 amide bonds. The van der Waals surface area contributed by atoms with Crippen LogP contribution >= 0.6 is 0 Å². The molecule has 0 radical (unpaired) electrons. The second-order valence-electron chi connectivity index (χ2n) is 9.55. The largest absolute Gasteiger partial charge is 0.370 e. The van der Waals surface area contributed by atoms with E-state index in [1.807, 2.05) is 12.1 Å². The highest BCUT2D eigenvalue weighted by Crippen LogP contribution is 2.60. The molecule has 3 saturated heterocycles. The van der Waals surface area contributed by atoms with Crippen molar-refractivity contribution >= 4 is 29.3 Å². The zero-order chi connectivity index (χ0) is 20.7.